The van der Waals surface area contributed by atoms with Gasteiger partial charge in [-0.2, -0.15) is 13.2 Å². The number of carbonyl (C=O) groups is 2. The molecule has 0 radical (unpaired) electrons. The number of carboxylic acid groups (broad SMARTS) is 1. The highest BCUT2D eigenvalue weighted by Crippen LogP contribution is 2.44. The monoisotopic (exact) mass is 521 g/mol. The zero-order valence-electron chi connectivity index (χ0n) is 19.9. The topological polar surface area (TPSA) is 88.8 Å². The lowest BCUT2D eigenvalue weighted by Gasteiger charge is -2.17. The molecule has 0 fully saturated rings. The van der Waals surface area contributed by atoms with E-state index in [0.717, 1.165) is 28.3 Å². The fourth-order valence-electron chi connectivity index (χ4n) is 4.76. The molecule has 0 spiro atoms. The van der Waals surface area contributed by atoms with Crippen molar-refractivity contribution in [3.05, 3.63) is 107 Å². The van der Waals surface area contributed by atoms with Gasteiger partial charge in [0.1, 0.15) is 24.2 Å². The van der Waals surface area contributed by atoms with Gasteiger partial charge in [0.2, 0.25) is 0 Å². The molecule has 3 aromatic carbocycles. The maximum absolute atomic E-state index is 13.4. The molecule has 0 saturated carbocycles. The molecule has 194 valence electrons. The Morgan fingerprint density at radius 2 is 1.45 bits per heavy atom. The number of nitrogens with one attached hydrogen (secondary N) is 1. The number of amides is 1. The van der Waals surface area contributed by atoms with Crippen LogP contribution in [0, 0.1) is 0 Å². The number of benzene rings is 3. The van der Waals surface area contributed by atoms with Gasteiger partial charge in [0, 0.05) is 17.9 Å². The number of alkyl carbamates (subject to hydrolysis) is 1. The number of furan rings is 1. The predicted octanol–water partition coefficient (Wildman–Crippen LogP) is 6.50. The summed E-state index contributed by atoms with van der Waals surface area (Å²) in [6.45, 7) is 0.00528. The summed E-state index contributed by atoms with van der Waals surface area (Å²) in [6.07, 6.45) is -5.79. The smallest absolute Gasteiger partial charge is 0.417 e. The molecule has 9 heteroatoms. The lowest BCUT2D eigenvalue weighted by molar-refractivity contribution is -0.139. The van der Waals surface area contributed by atoms with Crippen molar-refractivity contribution in [1.29, 1.82) is 0 Å². The number of hydrogen-bond donors (Lipinski definition) is 2. The lowest BCUT2D eigenvalue weighted by atomic mass is 9.98. The van der Waals surface area contributed by atoms with Crippen LogP contribution in [-0.4, -0.2) is 29.8 Å². The summed E-state index contributed by atoms with van der Waals surface area (Å²) < 4.78 is 51.1. The molecule has 38 heavy (non-hydrogen) atoms. The van der Waals surface area contributed by atoms with Gasteiger partial charge in [-0.1, -0.05) is 66.7 Å². The van der Waals surface area contributed by atoms with E-state index in [2.05, 4.69) is 5.32 Å². The van der Waals surface area contributed by atoms with Crippen molar-refractivity contribution >= 4 is 12.1 Å². The number of halogens is 3. The Bertz CT molecular complexity index is 1450. The molecule has 1 amide bonds. The van der Waals surface area contributed by atoms with Gasteiger partial charge in [0.25, 0.3) is 0 Å². The highest BCUT2D eigenvalue weighted by Gasteiger charge is 2.34. The molecule has 1 aromatic heterocycles. The average Bonchev–Trinajstić information content (AvgIpc) is 3.49. The average molecular weight is 521 g/mol. The Balaban J connectivity index is 1.26. The predicted molar refractivity (Wildman–Crippen MR) is 132 cm³/mol. The number of carboxylic acids is 1. The van der Waals surface area contributed by atoms with Crippen LogP contribution in [0.3, 0.4) is 0 Å². The maximum Gasteiger partial charge on any atom is 0.417 e. The van der Waals surface area contributed by atoms with Crippen molar-refractivity contribution in [1.82, 2.24) is 5.32 Å². The van der Waals surface area contributed by atoms with Gasteiger partial charge in [-0.15, -0.1) is 0 Å². The Labute approximate surface area is 215 Å². The zero-order chi connectivity index (χ0) is 26.9. The molecular formula is C29H22F3NO5. The molecule has 5 rings (SSSR count). The molecule has 4 aromatic rings. The summed E-state index contributed by atoms with van der Waals surface area (Å²) in [5.74, 6) is -1.49. The minimum atomic E-state index is -4.58. The molecule has 0 saturated heterocycles. The summed E-state index contributed by atoms with van der Waals surface area (Å²) in [5.41, 5.74) is 3.11. The highest BCUT2D eigenvalue weighted by atomic mass is 19.4. The van der Waals surface area contributed by atoms with Gasteiger partial charge in [-0.05, 0) is 40.5 Å². The molecule has 1 aliphatic rings. The van der Waals surface area contributed by atoms with Gasteiger partial charge in [0.15, 0.2) is 0 Å². The summed E-state index contributed by atoms with van der Waals surface area (Å²) in [7, 11) is 0. The van der Waals surface area contributed by atoms with Crippen LogP contribution in [0.2, 0.25) is 0 Å². The summed E-state index contributed by atoms with van der Waals surface area (Å²) in [6, 6.07) is 21.9. The number of ether oxygens (including phenoxy) is 1. The number of carbonyl (C=O) groups excluding carboxylic acids is 1. The van der Waals surface area contributed by atoms with Crippen molar-refractivity contribution < 1.29 is 37.0 Å². The molecule has 1 unspecified atom stereocenters. The fourth-order valence-corrected chi connectivity index (χ4v) is 4.76. The van der Waals surface area contributed by atoms with Crippen LogP contribution in [0.15, 0.2) is 89.3 Å². The molecule has 1 heterocycles. The van der Waals surface area contributed by atoms with Crippen LogP contribution >= 0.6 is 0 Å². The molecule has 1 aliphatic carbocycles. The van der Waals surface area contributed by atoms with Crippen LogP contribution in [0.25, 0.3) is 22.5 Å². The van der Waals surface area contributed by atoms with Gasteiger partial charge < -0.3 is 19.6 Å². The second kappa shape index (κ2) is 10.1. The quantitative estimate of drug-likeness (QED) is 0.290. The Hall–Kier alpha value is -4.53. The van der Waals surface area contributed by atoms with Gasteiger partial charge >= 0.3 is 18.2 Å². The van der Waals surface area contributed by atoms with E-state index in [9.17, 15) is 27.9 Å². The summed E-state index contributed by atoms with van der Waals surface area (Å²) >= 11 is 0. The van der Waals surface area contributed by atoms with E-state index in [4.69, 9.17) is 9.15 Å². The molecule has 1 atom stereocenters. The Kier molecular flexibility index (Phi) is 6.67. The Morgan fingerprint density at radius 3 is 2.05 bits per heavy atom. The standard InChI is InChI=1S/C29H22F3NO5/c30-29(31,32)24-12-6-5-11-22(24)26-14-13-17(38-26)15-25(27(34)35)33-28(36)37-16-23-20-9-3-1-7-18(20)19-8-2-4-10-21(19)23/h1-14,23,25H,15-16H2,(H,33,36)(H,34,35). The number of hydrogen-bond acceptors (Lipinski definition) is 4. The number of aliphatic carboxylic acids is 1. The molecule has 0 aliphatic heterocycles. The van der Waals surface area contributed by atoms with Gasteiger partial charge in [-0.25, -0.2) is 9.59 Å². The number of fused-ring (bicyclic) bond motifs is 3. The lowest BCUT2D eigenvalue weighted by Crippen LogP contribution is -2.42. The van der Waals surface area contributed by atoms with Crippen molar-refractivity contribution in [3.8, 4) is 22.5 Å². The second-order valence-corrected chi connectivity index (χ2v) is 8.87. The van der Waals surface area contributed by atoms with Crippen LogP contribution in [0.4, 0.5) is 18.0 Å². The number of alkyl halides is 3. The minimum Gasteiger partial charge on any atom is -0.480 e. The van der Waals surface area contributed by atoms with Crippen LogP contribution in [0.1, 0.15) is 28.4 Å². The maximum atomic E-state index is 13.4. The second-order valence-electron chi connectivity index (χ2n) is 8.87. The molecule has 2 N–H and O–H groups in total. The van der Waals surface area contributed by atoms with Crippen molar-refractivity contribution in [2.75, 3.05) is 6.61 Å². The third-order valence-electron chi connectivity index (χ3n) is 6.50. The summed E-state index contributed by atoms with van der Waals surface area (Å²) in [4.78, 5) is 24.4. The van der Waals surface area contributed by atoms with E-state index in [0.29, 0.717) is 0 Å². The normalized spacial score (nSPS) is 13.4. The minimum absolute atomic E-state index is 0.00528. The zero-order valence-corrected chi connectivity index (χ0v) is 19.9. The van der Waals surface area contributed by atoms with Crippen LogP contribution in [0.5, 0.6) is 0 Å². The van der Waals surface area contributed by atoms with E-state index in [1.165, 1.54) is 30.3 Å². The SMILES string of the molecule is O=C(NC(Cc1ccc(-c2ccccc2C(F)(F)F)o1)C(=O)O)OCC1c2ccccc2-c2ccccc21. The van der Waals surface area contributed by atoms with Crippen LogP contribution in [-0.2, 0) is 22.1 Å². The first-order valence-corrected chi connectivity index (χ1v) is 11.8. The third kappa shape index (κ3) is 5.00. The highest BCUT2D eigenvalue weighted by molar-refractivity contribution is 5.81. The van der Waals surface area contributed by atoms with E-state index < -0.39 is 29.8 Å². The van der Waals surface area contributed by atoms with Gasteiger partial charge in [-0.3, -0.25) is 0 Å². The van der Waals surface area contributed by atoms with Crippen molar-refractivity contribution in [2.45, 2.75) is 24.6 Å². The first-order valence-electron chi connectivity index (χ1n) is 11.8. The van der Waals surface area contributed by atoms with E-state index in [1.807, 2.05) is 48.5 Å². The molecule has 6 nitrogen and oxygen atoms in total. The van der Waals surface area contributed by atoms with Crippen molar-refractivity contribution in [3.63, 3.8) is 0 Å². The first-order chi connectivity index (χ1) is 18.2. The number of rotatable bonds is 7. The largest absolute Gasteiger partial charge is 0.480 e. The fraction of sp³-hybridized carbons (Fsp3) is 0.172. The molecular weight excluding hydrogens is 499 g/mol. The van der Waals surface area contributed by atoms with E-state index >= 15 is 0 Å². The van der Waals surface area contributed by atoms with Crippen molar-refractivity contribution in [2.24, 2.45) is 0 Å². The third-order valence-corrected chi connectivity index (χ3v) is 6.50. The van der Waals surface area contributed by atoms with E-state index in [1.54, 1.807) is 0 Å². The first kappa shape index (κ1) is 25.1. The Morgan fingerprint density at radius 1 is 0.868 bits per heavy atom. The van der Waals surface area contributed by atoms with Crippen LogP contribution < -0.4 is 5.32 Å². The van der Waals surface area contributed by atoms with Gasteiger partial charge in [0.05, 0.1) is 5.56 Å². The summed E-state index contributed by atoms with van der Waals surface area (Å²) in [5, 5.41) is 12.0. The van der Waals surface area contributed by atoms with E-state index in [-0.39, 0.29) is 36.0 Å². The molecule has 0 bridgehead atoms.